The van der Waals surface area contributed by atoms with Crippen LogP contribution in [-0.2, 0) is 6.42 Å². The Morgan fingerprint density at radius 2 is 2.14 bits per heavy atom. The molecule has 3 aromatic rings. The van der Waals surface area contributed by atoms with Crippen molar-refractivity contribution in [3.63, 3.8) is 0 Å². The van der Waals surface area contributed by atoms with Gasteiger partial charge >= 0.3 is 0 Å². The monoisotopic (exact) mass is 297 g/mol. The summed E-state index contributed by atoms with van der Waals surface area (Å²) < 4.78 is 7.29. The van der Waals surface area contributed by atoms with Gasteiger partial charge in [-0.25, -0.2) is 4.98 Å². The quantitative estimate of drug-likeness (QED) is 0.783. The van der Waals surface area contributed by atoms with E-state index in [1.165, 1.54) is 6.33 Å². The average Bonchev–Trinajstić information content (AvgIpc) is 2.96. The van der Waals surface area contributed by atoms with Crippen LogP contribution in [0.2, 0.25) is 0 Å². The topological polar surface area (TPSA) is 64.3 Å². The number of nitrogens with one attached hydrogen (secondary N) is 1. The molecule has 6 nitrogen and oxygen atoms in total. The average molecular weight is 297 g/mol. The number of aromatic nitrogens is 4. The van der Waals surface area contributed by atoms with E-state index in [4.69, 9.17) is 4.74 Å². The molecule has 0 aliphatic rings. The third-order valence-electron chi connectivity index (χ3n) is 3.49. The second-order valence-electron chi connectivity index (χ2n) is 4.94. The summed E-state index contributed by atoms with van der Waals surface area (Å²) in [6.07, 6.45) is 2.38. The lowest BCUT2D eigenvalue weighted by Gasteiger charge is -2.14. The number of anilines is 2. The van der Waals surface area contributed by atoms with E-state index in [1.54, 1.807) is 4.52 Å². The minimum absolute atomic E-state index is 0.596. The van der Waals surface area contributed by atoms with E-state index in [0.717, 1.165) is 34.9 Å². The van der Waals surface area contributed by atoms with Crippen molar-refractivity contribution >= 4 is 17.3 Å². The van der Waals surface area contributed by atoms with Gasteiger partial charge in [-0.2, -0.15) is 14.6 Å². The fraction of sp³-hybridized carbons (Fsp3) is 0.312. The molecule has 0 bridgehead atoms. The highest BCUT2D eigenvalue weighted by molar-refractivity contribution is 5.64. The van der Waals surface area contributed by atoms with Crippen LogP contribution in [0.3, 0.4) is 0 Å². The van der Waals surface area contributed by atoms with Gasteiger partial charge in [0.2, 0.25) is 0 Å². The number of hydrogen-bond donors (Lipinski definition) is 1. The van der Waals surface area contributed by atoms with Crippen molar-refractivity contribution in [3.05, 3.63) is 41.9 Å². The Balaban J connectivity index is 2.06. The highest BCUT2D eigenvalue weighted by Gasteiger charge is 2.13. The van der Waals surface area contributed by atoms with Gasteiger partial charge in [0.05, 0.1) is 6.61 Å². The highest BCUT2D eigenvalue weighted by atomic mass is 16.5. The minimum atomic E-state index is 0.596. The molecule has 0 unspecified atom stereocenters. The lowest BCUT2D eigenvalue weighted by Crippen LogP contribution is -2.08. The predicted molar refractivity (Wildman–Crippen MR) is 85.8 cm³/mol. The maximum Gasteiger partial charge on any atom is 0.254 e. The molecule has 2 aromatic heterocycles. The molecule has 6 heteroatoms. The molecular formula is C16H19N5O. The lowest BCUT2D eigenvalue weighted by atomic mass is 10.1. The summed E-state index contributed by atoms with van der Waals surface area (Å²) in [6.45, 7) is 6.72. The van der Waals surface area contributed by atoms with Crippen molar-refractivity contribution in [2.24, 2.45) is 0 Å². The van der Waals surface area contributed by atoms with E-state index in [9.17, 15) is 0 Å². The van der Waals surface area contributed by atoms with E-state index in [1.807, 2.05) is 38.1 Å². The normalized spacial score (nSPS) is 10.9. The number of ether oxygens (including phenoxy) is 1. The standard InChI is InChI=1S/C16H19N5O/c1-4-14-11(3)19-16-17-10-18-21(16)15(14)20-12-7-6-8-13(9-12)22-5-2/h6-10,20H,4-5H2,1-3H3. The van der Waals surface area contributed by atoms with Gasteiger partial charge in [-0.05, 0) is 32.4 Å². The first-order valence-electron chi connectivity index (χ1n) is 7.42. The summed E-state index contributed by atoms with van der Waals surface area (Å²) >= 11 is 0. The van der Waals surface area contributed by atoms with Crippen molar-refractivity contribution in [2.45, 2.75) is 27.2 Å². The summed E-state index contributed by atoms with van der Waals surface area (Å²) in [7, 11) is 0. The molecule has 1 N–H and O–H groups in total. The van der Waals surface area contributed by atoms with E-state index >= 15 is 0 Å². The van der Waals surface area contributed by atoms with Crippen LogP contribution in [0.4, 0.5) is 11.5 Å². The second-order valence-corrected chi connectivity index (χ2v) is 4.94. The molecule has 3 rings (SSSR count). The fourth-order valence-electron chi connectivity index (χ4n) is 2.50. The van der Waals surface area contributed by atoms with E-state index < -0.39 is 0 Å². The summed E-state index contributed by atoms with van der Waals surface area (Å²) in [5, 5.41) is 7.71. The number of benzene rings is 1. The maximum atomic E-state index is 5.55. The molecule has 0 fully saturated rings. The molecule has 2 heterocycles. The van der Waals surface area contributed by atoms with Gasteiger partial charge in [0.25, 0.3) is 5.78 Å². The minimum Gasteiger partial charge on any atom is -0.494 e. The Kier molecular flexibility index (Phi) is 3.91. The number of hydrogen-bond acceptors (Lipinski definition) is 5. The number of aryl methyl sites for hydroxylation is 1. The van der Waals surface area contributed by atoms with Crippen LogP contribution in [0.15, 0.2) is 30.6 Å². The summed E-state index contributed by atoms with van der Waals surface area (Å²) in [5.41, 5.74) is 3.04. The van der Waals surface area contributed by atoms with Crippen LogP contribution in [-0.4, -0.2) is 26.2 Å². The maximum absolute atomic E-state index is 5.55. The highest BCUT2D eigenvalue weighted by Crippen LogP contribution is 2.26. The van der Waals surface area contributed by atoms with Gasteiger partial charge in [-0.3, -0.25) is 0 Å². The van der Waals surface area contributed by atoms with Crippen LogP contribution in [0, 0.1) is 6.92 Å². The van der Waals surface area contributed by atoms with Crippen molar-refractivity contribution in [1.82, 2.24) is 19.6 Å². The number of nitrogens with zero attached hydrogens (tertiary/aromatic N) is 4. The van der Waals surface area contributed by atoms with Gasteiger partial charge < -0.3 is 10.1 Å². The first-order valence-corrected chi connectivity index (χ1v) is 7.42. The Morgan fingerprint density at radius 3 is 2.91 bits per heavy atom. The van der Waals surface area contributed by atoms with Crippen LogP contribution in [0.5, 0.6) is 5.75 Å². The van der Waals surface area contributed by atoms with Crippen molar-refractivity contribution < 1.29 is 4.74 Å². The Morgan fingerprint density at radius 1 is 1.27 bits per heavy atom. The number of rotatable bonds is 5. The molecule has 0 saturated heterocycles. The zero-order chi connectivity index (χ0) is 15.5. The SMILES string of the molecule is CCOc1cccc(Nc2c(CC)c(C)nc3ncnn23)c1. The third kappa shape index (κ3) is 2.59. The molecule has 0 saturated carbocycles. The van der Waals surface area contributed by atoms with Crippen molar-refractivity contribution in [1.29, 1.82) is 0 Å². The molecule has 0 spiro atoms. The van der Waals surface area contributed by atoms with Gasteiger partial charge in [0, 0.05) is 23.0 Å². The van der Waals surface area contributed by atoms with E-state index in [2.05, 4.69) is 27.3 Å². The Bertz CT molecular complexity index is 796. The fourth-order valence-corrected chi connectivity index (χ4v) is 2.50. The zero-order valence-electron chi connectivity index (χ0n) is 13.0. The summed E-state index contributed by atoms with van der Waals surface area (Å²) in [5.74, 6) is 2.33. The van der Waals surface area contributed by atoms with Crippen molar-refractivity contribution in [2.75, 3.05) is 11.9 Å². The third-order valence-corrected chi connectivity index (χ3v) is 3.49. The van der Waals surface area contributed by atoms with Crippen LogP contribution < -0.4 is 10.1 Å². The lowest BCUT2D eigenvalue weighted by molar-refractivity contribution is 0.340. The predicted octanol–water partition coefficient (Wildman–Crippen LogP) is 3.14. The van der Waals surface area contributed by atoms with Crippen LogP contribution >= 0.6 is 0 Å². The van der Waals surface area contributed by atoms with Gasteiger partial charge in [0.15, 0.2) is 0 Å². The van der Waals surface area contributed by atoms with Crippen molar-refractivity contribution in [3.8, 4) is 5.75 Å². The Labute approximate surface area is 129 Å². The number of fused-ring (bicyclic) bond motifs is 1. The zero-order valence-corrected chi connectivity index (χ0v) is 13.0. The molecule has 0 aliphatic heterocycles. The van der Waals surface area contributed by atoms with Crippen LogP contribution in [0.1, 0.15) is 25.1 Å². The molecule has 0 aliphatic carbocycles. The molecule has 22 heavy (non-hydrogen) atoms. The van der Waals surface area contributed by atoms with Gasteiger partial charge in [-0.1, -0.05) is 13.0 Å². The van der Waals surface area contributed by atoms with Gasteiger partial charge in [0.1, 0.15) is 17.9 Å². The molecule has 1 aromatic carbocycles. The first-order chi connectivity index (χ1) is 10.7. The molecule has 0 amide bonds. The van der Waals surface area contributed by atoms with Crippen LogP contribution in [0.25, 0.3) is 5.78 Å². The molecule has 114 valence electrons. The largest absolute Gasteiger partial charge is 0.494 e. The Hall–Kier alpha value is -2.63. The molecular weight excluding hydrogens is 278 g/mol. The summed E-state index contributed by atoms with van der Waals surface area (Å²) in [4.78, 5) is 8.66. The summed E-state index contributed by atoms with van der Waals surface area (Å²) in [6, 6.07) is 7.88. The molecule has 0 atom stereocenters. The van der Waals surface area contributed by atoms with E-state index in [0.29, 0.717) is 12.4 Å². The first kappa shape index (κ1) is 14.3. The molecule has 0 radical (unpaired) electrons. The van der Waals surface area contributed by atoms with Gasteiger partial charge in [-0.15, -0.1) is 0 Å². The van der Waals surface area contributed by atoms with E-state index in [-0.39, 0.29) is 0 Å². The smallest absolute Gasteiger partial charge is 0.254 e. The second kappa shape index (κ2) is 6.01.